The molecule has 1 aromatic carbocycles. The molecule has 1 heteroatoms. The van der Waals surface area contributed by atoms with Crippen molar-refractivity contribution in [2.24, 2.45) is 5.73 Å². The molecule has 0 unspecified atom stereocenters. The van der Waals surface area contributed by atoms with Crippen LogP contribution in [0.1, 0.15) is 37.3 Å². The lowest BCUT2D eigenvalue weighted by Gasteiger charge is -2.04. The van der Waals surface area contributed by atoms with Crippen LogP contribution < -0.4 is 5.73 Å². The van der Waals surface area contributed by atoms with Gasteiger partial charge in [-0.25, -0.2) is 0 Å². The topological polar surface area (TPSA) is 26.0 Å². The Labute approximate surface area is 86.6 Å². The van der Waals surface area contributed by atoms with Crippen molar-refractivity contribution < 1.29 is 0 Å². The summed E-state index contributed by atoms with van der Waals surface area (Å²) in [5.74, 6) is 0.608. The van der Waals surface area contributed by atoms with E-state index >= 15 is 0 Å². The van der Waals surface area contributed by atoms with Gasteiger partial charge >= 0.3 is 0 Å². The van der Waals surface area contributed by atoms with Crippen LogP contribution in [0.2, 0.25) is 0 Å². The highest BCUT2D eigenvalue weighted by Gasteiger charge is 1.96. The molecule has 0 saturated carbocycles. The van der Waals surface area contributed by atoms with Crippen molar-refractivity contribution in [3.8, 4) is 0 Å². The highest BCUT2D eigenvalue weighted by molar-refractivity contribution is 5.49. The standard InChI is InChI=1S/C13H19N/c1-11(2)13-8-6-12(7-9-13)5-3-4-10-14/h3,5-9,11H,4,10,14H2,1-2H3/b5-3+. The number of hydrogen-bond donors (Lipinski definition) is 1. The predicted octanol–water partition coefficient (Wildman–Crippen LogP) is 3.17. The molecule has 0 radical (unpaired) electrons. The maximum absolute atomic E-state index is 5.41. The highest BCUT2D eigenvalue weighted by atomic mass is 14.5. The van der Waals surface area contributed by atoms with Gasteiger partial charge in [-0.3, -0.25) is 0 Å². The van der Waals surface area contributed by atoms with Crippen molar-refractivity contribution in [3.05, 3.63) is 41.5 Å². The van der Waals surface area contributed by atoms with Gasteiger partial charge in [-0.2, -0.15) is 0 Å². The maximum Gasteiger partial charge on any atom is -0.00425 e. The van der Waals surface area contributed by atoms with Crippen molar-refractivity contribution in [3.63, 3.8) is 0 Å². The fourth-order valence-electron chi connectivity index (χ4n) is 1.31. The first-order valence-electron chi connectivity index (χ1n) is 5.20. The lowest BCUT2D eigenvalue weighted by molar-refractivity contribution is 0.866. The summed E-state index contributed by atoms with van der Waals surface area (Å²) >= 11 is 0. The van der Waals surface area contributed by atoms with Gasteiger partial charge in [0.1, 0.15) is 0 Å². The minimum absolute atomic E-state index is 0.608. The van der Waals surface area contributed by atoms with Gasteiger partial charge in [-0.15, -0.1) is 0 Å². The second-order valence-electron chi connectivity index (χ2n) is 3.80. The van der Waals surface area contributed by atoms with Crippen LogP contribution in [0.3, 0.4) is 0 Å². The van der Waals surface area contributed by atoms with Crippen LogP contribution >= 0.6 is 0 Å². The Hall–Kier alpha value is -1.08. The average molecular weight is 189 g/mol. The number of benzene rings is 1. The maximum atomic E-state index is 5.41. The molecular weight excluding hydrogens is 170 g/mol. The van der Waals surface area contributed by atoms with E-state index < -0.39 is 0 Å². The predicted molar refractivity (Wildman–Crippen MR) is 63.2 cm³/mol. The summed E-state index contributed by atoms with van der Waals surface area (Å²) in [6.07, 6.45) is 5.19. The van der Waals surface area contributed by atoms with Gasteiger partial charge in [0.25, 0.3) is 0 Å². The highest BCUT2D eigenvalue weighted by Crippen LogP contribution is 2.15. The first kappa shape index (κ1) is 11.0. The molecule has 14 heavy (non-hydrogen) atoms. The molecule has 0 atom stereocenters. The molecule has 1 aromatic rings. The molecule has 0 aromatic heterocycles. The Morgan fingerprint density at radius 2 is 1.86 bits per heavy atom. The quantitative estimate of drug-likeness (QED) is 0.773. The van der Waals surface area contributed by atoms with E-state index in [1.165, 1.54) is 11.1 Å². The van der Waals surface area contributed by atoms with Crippen LogP contribution in [0.15, 0.2) is 30.3 Å². The Bertz CT molecular complexity index is 283. The number of nitrogens with two attached hydrogens (primary N) is 1. The molecular formula is C13H19N. The molecule has 76 valence electrons. The Morgan fingerprint density at radius 3 is 2.36 bits per heavy atom. The summed E-state index contributed by atoms with van der Waals surface area (Å²) in [5.41, 5.74) is 8.05. The normalized spacial score (nSPS) is 11.4. The zero-order valence-electron chi connectivity index (χ0n) is 9.03. The molecule has 0 aliphatic heterocycles. The van der Waals surface area contributed by atoms with Crippen LogP contribution in [-0.2, 0) is 0 Å². The van der Waals surface area contributed by atoms with Crippen LogP contribution in [0.25, 0.3) is 6.08 Å². The van der Waals surface area contributed by atoms with E-state index in [2.05, 4.69) is 50.3 Å². The van der Waals surface area contributed by atoms with Gasteiger partial charge in [0.15, 0.2) is 0 Å². The van der Waals surface area contributed by atoms with E-state index in [1.807, 2.05) is 0 Å². The second-order valence-corrected chi connectivity index (χ2v) is 3.80. The fourth-order valence-corrected chi connectivity index (χ4v) is 1.31. The van der Waals surface area contributed by atoms with E-state index in [4.69, 9.17) is 5.73 Å². The van der Waals surface area contributed by atoms with Gasteiger partial charge in [0.2, 0.25) is 0 Å². The third-order valence-corrected chi connectivity index (χ3v) is 2.25. The van der Waals surface area contributed by atoms with E-state index in [9.17, 15) is 0 Å². The number of hydrogen-bond acceptors (Lipinski definition) is 1. The summed E-state index contributed by atoms with van der Waals surface area (Å²) in [6.45, 7) is 5.14. The van der Waals surface area contributed by atoms with Gasteiger partial charge in [-0.05, 0) is 30.0 Å². The zero-order chi connectivity index (χ0) is 10.4. The van der Waals surface area contributed by atoms with Gasteiger partial charge in [0.05, 0.1) is 0 Å². The molecule has 0 amide bonds. The van der Waals surface area contributed by atoms with Crippen molar-refractivity contribution in [1.29, 1.82) is 0 Å². The van der Waals surface area contributed by atoms with Crippen molar-refractivity contribution >= 4 is 6.08 Å². The minimum atomic E-state index is 0.608. The molecule has 0 aliphatic carbocycles. The second kappa shape index (κ2) is 5.61. The Morgan fingerprint density at radius 1 is 1.21 bits per heavy atom. The molecule has 2 N–H and O–H groups in total. The Kier molecular flexibility index (Phi) is 4.41. The molecule has 0 saturated heterocycles. The first-order valence-corrected chi connectivity index (χ1v) is 5.20. The third-order valence-electron chi connectivity index (χ3n) is 2.25. The van der Waals surface area contributed by atoms with Crippen molar-refractivity contribution in [1.82, 2.24) is 0 Å². The van der Waals surface area contributed by atoms with Crippen LogP contribution in [0.4, 0.5) is 0 Å². The molecule has 1 nitrogen and oxygen atoms in total. The van der Waals surface area contributed by atoms with Crippen molar-refractivity contribution in [2.45, 2.75) is 26.2 Å². The SMILES string of the molecule is CC(C)c1ccc(/C=C/CCN)cc1. The van der Waals surface area contributed by atoms with E-state index in [-0.39, 0.29) is 0 Å². The molecule has 0 aliphatic rings. The summed E-state index contributed by atoms with van der Waals surface area (Å²) in [6, 6.07) is 8.68. The van der Waals surface area contributed by atoms with Gasteiger partial charge in [-0.1, -0.05) is 50.3 Å². The summed E-state index contributed by atoms with van der Waals surface area (Å²) in [4.78, 5) is 0. The monoisotopic (exact) mass is 189 g/mol. The lowest BCUT2D eigenvalue weighted by atomic mass is 10.0. The van der Waals surface area contributed by atoms with Crippen LogP contribution in [0.5, 0.6) is 0 Å². The molecule has 0 heterocycles. The van der Waals surface area contributed by atoms with Gasteiger partial charge in [0, 0.05) is 0 Å². The largest absolute Gasteiger partial charge is 0.330 e. The number of rotatable bonds is 4. The smallest absolute Gasteiger partial charge is 0.00425 e. The van der Waals surface area contributed by atoms with Crippen LogP contribution in [-0.4, -0.2) is 6.54 Å². The molecule has 0 bridgehead atoms. The first-order chi connectivity index (χ1) is 6.74. The van der Waals surface area contributed by atoms with E-state index in [0.717, 1.165) is 13.0 Å². The molecule has 0 fully saturated rings. The van der Waals surface area contributed by atoms with Gasteiger partial charge < -0.3 is 5.73 Å². The zero-order valence-corrected chi connectivity index (χ0v) is 9.03. The minimum Gasteiger partial charge on any atom is -0.330 e. The third kappa shape index (κ3) is 3.35. The van der Waals surface area contributed by atoms with Crippen LogP contribution in [0, 0.1) is 0 Å². The Balaban J connectivity index is 2.64. The van der Waals surface area contributed by atoms with E-state index in [1.54, 1.807) is 0 Å². The summed E-state index contributed by atoms with van der Waals surface area (Å²) < 4.78 is 0. The fraction of sp³-hybridized carbons (Fsp3) is 0.385. The lowest BCUT2D eigenvalue weighted by Crippen LogP contribution is -1.94. The van der Waals surface area contributed by atoms with E-state index in [0.29, 0.717) is 5.92 Å². The molecule has 1 rings (SSSR count). The summed E-state index contributed by atoms with van der Waals surface area (Å²) in [7, 11) is 0. The average Bonchev–Trinajstić information content (AvgIpc) is 2.19. The molecule has 0 spiro atoms. The van der Waals surface area contributed by atoms with Crippen molar-refractivity contribution in [2.75, 3.05) is 6.54 Å². The summed E-state index contributed by atoms with van der Waals surface area (Å²) in [5, 5.41) is 0.